The molecule has 0 unspecified atom stereocenters. The molecule has 1 saturated carbocycles. The van der Waals surface area contributed by atoms with Crippen molar-refractivity contribution in [3.05, 3.63) is 40.0 Å². The molecule has 32 heavy (non-hydrogen) atoms. The fourth-order valence-electron chi connectivity index (χ4n) is 4.19. The number of primary amides is 1. The van der Waals surface area contributed by atoms with Gasteiger partial charge in [-0.25, -0.2) is 0 Å². The fraction of sp³-hybridized carbons (Fsp3) is 0.318. The number of hydrogen-bond donors (Lipinski definition) is 4. The van der Waals surface area contributed by atoms with Gasteiger partial charge in [-0.1, -0.05) is 11.6 Å². The first kappa shape index (κ1) is 20.6. The highest BCUT2D eigenvalue weighted by atomic mass is 35.5. The number of anilines is 1. The summed E-state index contributed by atoms with van der Waals surface area (Å²) in [7, 11) is 1.93. The fourth-order valence-corrected chi connectivity index (χ4v) is 4.39. The molecule has 9 nitrogen and oxygen atoms in total. The number of nitrogens with one attached hydrogen (secondary N) is 2. The Kier molecular flexibility index (Phi) is 4.58. The van der Waals surface area contributed by atoms with E-state index in [1.807, 2.05) is 27.0 Å². The van der Waals surface area contributed by atoms with Gasteiger partial charge in [-0.3, -0.25) is 14.5 Å². The molecule has 0 atom stereocenters. The number of nitrogens with two attached hydrogens (primary N) is 2. The van der Waals surface area contributed by atoms with Crippen molar-refractivity contribution in [3.63, 3.8) is 0 Å². The minimum atomic E-state index is -0.628. The SMILES string of the molecule is CNC1(COc2nc3c(cc2C)c(C(N)=O)c(N)n3-c2c(C)c(Cl)cc3[nH]ncc23)CC1. The third kappa shape index (κ3) is 3.00. The first-order valence-corrected chi connectivity index (χ1v) is 10.7. The number of likely N-dealkylation sites (N-methyl/N-ethyl adjacent to an activating group) is 1. The number of carbonyl (C=O) groups is 1. The molecule has 0 spiro atoms. The van der Waals surface area contributed by atoms with Crippen LogP contribution >= 0.6 is 11.6 Å². The van der Waals surface area contributed by atoms with E-state index in [-0.39, 0.29) is 16.9 Å². The monoisotopic (exact) mass is 453 g/mol. The Morgan fingerprint density at radius 2 is 2.09 bits per heavy atom. The summed E-state index contributed by atoms with van der Waals surface area (Å²) >= 11 is 6.51. The number of fused-ring (bicyclic) bond motifs is 2. The molecule has 0 bridgehead atoms. The van der Waals surface area contributed by atoms with Crippen LogP contribution in [0.5, 0.6) is 5.88 Å². The highest BCUT2D eigenvalue weighted by Gasteiger charge is 2.42. The molecule has 10 heteroatoms. The molecule has 1 aliphatic rings. The molecular weight excluding hydrogens is 430 g/mol. The number of nitrogen functional groups attached to an aromatic ring is 1. The summed E-state index contributed by atoms with van der Waals surface area (Å²) in [5, 5.41) is 12.3. The van der Waals surface area contributed by atoms with Gasteiger partial charge in [0.2, 0.25) is 5.88 Å². The lowest BCUT2D eigenvalue weighted by molar-refractivity contribution is 0.100. The normalized spacial score (nSPS) is 14.9. The molecule has 6 N–H and O–H groups in total. The second-order valence-corrected chi connectivity index (χ2v) is 8.83. The number of nitrogens with zero attached hydrogens (tertiary/aromatic N) is 3. The Hall–Kier alpha value is -3.30. The molecule has 1 amide bonds. The van der Waals surface area contributed by atoms with Crippen molar-refractivity contribution in [2.24, 2.45) is 5.73 Å². The standard InChI is InChI=1S/C22H24ClN7O2/c1-10-6-12-16(19(25)31)18(24)30(17-11(2)14(23)7-15-13(17)8-27-29-15)20(12)28-21(10)32-9-22(26-3)4-5-22/h6-8,26H,4-5,9,24H2,1-3H3,(H2,25,31)(H,27,29). The van der Waals surface area contributed by atoms with Crippen LogP contribution in [0.3, 0.4) is 0 Å². The Balaban J connectivity index is 1.78. The van der Waals surface area contributed by atoms with Crippen molar-refractivity contribution in [2.75, 3.05) is 19.4 Å². The van der Waals surface area contributed by atoms with Crippen LogP contribution in [0, 0.1) is 13.8 Å². The second-order valence-electron chi connectivity index (χ2n) is 8.42. The Labute approximate surface area is 189 Å². The number of rotatable bonds is 6. The number of pyridine rings is 1. The number of aryl methyl sites for hydroxylation is 1. The first-order valence-electron chi connectivity index (χ1n) is 10.3. The summed E-state index contributed by atoms with van der Waals surface area (Å²) in [6, 6.07) is 3.65. The summed E-state index contributed by atoms with van der Waals surface area (Å²) in [6.45, 7) is 4.27. The number of ether oxygens (including phenoxy) is 1. The van der Waals surface area contributed by atoms with Crippen molar-refractivity contribution in [2.45, 2.75) is 32.2 Å². The van der Waals surface area contributed by atoms with Crippen molar-refractivity contribution >= 4 is 45.3 Å². The van der Waals surface area contributed by atoms with Crippen LogP contribution in [0.2, 0.25) is 5.02 Å². The lowest BCUT2D eigenvalue weighted by atomic mass is 10.1. The zero-order chi connectivity index (χ0) is 22.8. The van der Waals surface area contributed by atoms with Gasteiger partial charge in [0.1, 0.15) is 12.4 Å². The molecule has 0 saturated heterocycles. The van der Waals surface area contributed by atoms with Crippen molar-refractivity contribution in [3.8, 4) is 11.6 Å². The van der Waals surface area contributed by atoms with Crippen molar-refractivity contribution in [1.82, 2.24) is 25.1 Å². The Morgan fingerprint density at radius 3 is 2.75 bits per heavy atom. The number of aromatic nitrogens is 4. The highest BCUT2D eigenvalue weighted by Crippen LogP contribution is 2.39. The van der Waals surface area contributed by atoms with Crippen LogP contribution in [0.15, 0.2) is 18.3 Å². The minimum absolute atomic E-state index is 0.00498. The summed E-state index contributed by atoms with van der Waals surface area (Å²) in [5.41, 5.74) is 15.9. The van der Waals surface area contributed by atoms with Crippen molar-refractivity contribution in [1.29, 1.82) is 0 Å². The van der Waals surface area contributed by atoms with Crippen LogP contribution in [-0.2, 0) is 0 Å². The van der Waals surface area contributed by atoms with E-state index < -0.39 is 5.91 Å². The van der Waals surface area contributed by atoms with E-state index in [2.05, 4.69) is 15.5 Å². The third-order valence-corrected chi connectivity index (χ3v) is 6.76. The van der Waals surface area contributed by atoms with Crippen LogP contribution in [0.4, 0.5) is 5.82 Å². The first-order chi connectivity index (χ1) is 15.3. The smallest absolute Gasteiger partial charge is 0.253 e. The number of aromatic amines is 1. The lowest BCUT2D eigenvalue weighted by Gasteiger charge is -2.17. The van der Waals surface area contributed by atoms with E-state index in [4.69, 9.17) is 32.8 Å². The lowest BCUT2D eigenvalue weighted by Crippen LogP contribution is -2.34. The largest absolute Gasteiger partial charge is 0.475 e. The maximum atomic E-state index is 12.4. The Morgan fingerprint density at radius 1 is 1.34 bits per heavy atom. The number of benzene rings is 1. The molecule has 1 aliphatic carbocycles. The maximum Gasteiger partial charge on any atom is 0.253 e. The molecule has 166 valence electrons. The number of H-pyrrole nitrogens is 1. The quantitative estimate of drug-likeness (QED) is 0.354. The highest BCUT2D eigenvalue weighted by molar-refractivity contribution is 6.32. The Bertz CT molecular complexity index is 1400. The molecule has 1 fully saturated rings. The van der Waals surface area contributed by atoms with Crippen LogP contribution in [0.1, 0.15) is 34.3 Å². The number of hydrogen-bond acceptors (Lipinski definition) is 6. The van der Waals surface area contributed by atoms with E-state index in [1.165, 1.54) is 0 Å². The van der Waals surface area contributed by atoms with Crippen molar-refractivity contribution < 1.29 is 9.53 Å². The summed E-state index contributed by atoms with van der Waals surface area (Å²) in [6.07, 6.45) is 3.80. The van der Waals surface area contributed by atoms with Gasteiger partial charge in [0.25, 0.3) is 5.91 Å². The van der Waals surface area contributed by atoms with Gasteiger partial charge in [-0.2, -0.15) is 10.1 Å². The number of amides is 1. The molecule has 3 heterocycles. The van der Waals surface area contributed by atoms with Gasteiger partial charge in [0.15, 0.2) is 5.65 Å². The van der Waals surface area contributed by atoms with E-state index >= 15 is 0 Å². The van der Waals surface area contributed by atoms with E-state index in [1.54, 1.807) is 16.8 Å². The molecule has 3 aromatic heterocycles. The average molecular weight is 454 g/mol. The molecule has 1 aromatic carbocycles. The van der Waals surface area contributed by atoms with Gasteiger partial charge in [-0.15, -0.1) is 0 Å². The molecular formula is C22H24ClN7O2. The van der Waals surface area contributed by atoms with Gasteiger partial charge < -0.3 is 21.5 Å². The molecule has 4 aromatic rings. The predicted molar refractivity (Wildman–Crippen MR) is 125 cm³/mol. The summed E-state index contributed by atoms with van der Waals surface area (Å²) in [4.78, 5) is 17.2. The van der Waals surface area contributed by atoms with Gasteiger partial charge in [-0.05, 0) is 51.4 Å². The van der Waals surface area contributed by atoms with Crippen LogP contribution < -0.4 is 21.5 Å². The van der Waals surface area contributed by atoms with Gasteiger partial charge in [0, 0.05) is 21.4 Å². The zero-order valence-electron chi connectivity index (χ0n) is 18.0. The van der Waals surface area contributed by atoms with Crippen LogP contribution in [0.25, 0.3) is 27.6 Å². The summed E-state index contributed by atoms with van der Waals surface area (Å²) in [5.74, 6) is 0.0478. The van der Waals surface area contributed by atoms with E-state index in [0.29, 0.717) is 34.2 Å². The maximum absolute atomic E-state index is 12.4. The average Bonchev–Trinajstić information content (AvgIpc) is 3.30. The van der Waals surface area contributed by atoms with E-state index in [9.17, 15) is 4.79 Å². The summed E-state index contributed by atoms with van der Waals surface area (Å²) < 4.78 is 7.82. The molecule has 5 rings (SSSR count). The minimum Gasteiger partial charge on any atom is -0.475 e. The second kappa shape index (κ2) is 7.11. The number of halogens is 1. The zero-order valence-corrected chi connectivity index (χ0v) is 18.8. The molecule has 0 aliphatic heterocycles. The topological polar surface area (TPSA) is 137 Å². The third-order valence-electron chi connectivity index (χ3n) is 6.37. The van der Waals surface area contributed by atoms with Gasteiger partial charge in [0.05, 0.1) is 28.5 Å². The van der Waals surface area contributed by atoms with Gasteiger partial charge >= 0.3 is 0 Å². The predicted octanol–water partition coefficient (Wildman–Crippen LogP) is 2.98. The molecule has 0 radical (unpaired) electrons. The van der Waals surface area contributed by atoms with Crippen LogP contribution in [-0.4, -0.2) is 44.8 Å². The van der Waals surface area contributed by atoms with E-state index in [0.717, 1.165) is 34.9 Å². The number of carbonyl (C=O) groups excluding carboxylic acids is 1.